The number of aryl methyl sites for hydroxylation is 2. The van der Waals surface area contributed by atoms with Gasteiger partial charge in [-0.05, 0) is 30.7 Å². The second-order valence-electron chi connectivity index (χ2n) is 4.78. The molecule has 3 rings (SSSR count). The van der Waals surface area contributed by atoms with Gasteiger partial charge < -0.3 is 0 Å². The molecule has 0 spiro atoms. The Labute approximate surface area is 121 Å². The third-order valence-electron chi connectivity index (χ3n) is 3.47. The Bertz CT molecular complexity index is 868. The smallest absolute Gasteiger partial charge is 0.295 e. The van der Waals surface area contributed by atoms with Gasteiger partial charge in [0.15, 0.2) is 0 Å². The Kier molecular flexibility index (Phi) is 3.07. The molecule has 0 atom stereocenters. The molecular formula is C16H13ClN2O. The summed E-state index contributed by atoms with van der Waals surface area (Å²) in [5, 5.41) is 1.52. The first-order valence-electron chi connectivity index (χ1n) is 6.30. The molecule has 0 N–H and O–H groups in total. The fraction of sp³-hybridized carbons (Fsp3) is 0.125. The standard InChI is InChI=1S/C16H13ClN2O/c1-10-5-3-4-6-12(10)15-13-9-11(17)7-8-14(13)19(2)16(20)18-15/h3-9H,1-2H3. The van der Waals surface area contributed by atoms with E-state index in [9.17, 15) is 4.79 Å². The van der Waals surface area contributed by atoms with E-state index in [4.69, 9.17) is 11.6 Å². The van der Waals surface area contributed by atoms with Gasteiger partial charge in [-0.25, -0.2) is 4.79 Å². The lowest BCUT2D eigenvalue weighted by Gasteiger charge is -2.11. The predicted molar refractivity (Wildman–Crippen MR) is 82.2 cm³/mol. The normalized spacial score (nSPS) is 10.9. The van der Waals surface area contributed by atoms with Crippen LogP contribution in [0.1, 0.15) is 5.56 Å². The van der Waals surface area contributed by atoms with E-state index in [0.717, 1.165) is 22.0 Å². The molecule has 100 valence electrons. The quantitative estimate of drug-likeness (QED) is 0.685. The van der Waals surface area contributed by atoms with E-state index in [0.29, 0.717) is 10.7 Å². The molecule has 0 saturated heterocycles. The van der Waals surface area contributed by atoms with Crippen LogP contribution in [-0.2, 0) is 7.05 Å². The molecule has 2 aromatic carbocycles. The largest absolute Gasteiger partial charge is 0.348 e. The first-order valence-corrected chi connectivity index (χ1v) is 6.68. The summed E-state index contributed by atoms with van der Waals surface area (Å²) in [5.41, 5.74) is 3.28. The van der Waals surface area contributed by atoms with Crippen molar-refractivity contribution in [1.82, 2.24) is 9.55 Å². The molecule has 0 amide bonds. The molecule has 0 radical (unpaired) electrons. The first-order chi connectivity index (χ1) is 9.58. The van der Waals surface area contributed by atoms with Crippen molar-refractivity contribution < 1.29 is 0 Å². The molecule has 0 aliphatic rings. The SMILES string of the molecule is Cc1ccccc1-c1nc(=O)n(C)c2ccc(Cl)cc12. The van der Waals surface area contributed by atoms with Crippen LogP contribution >= 0.6 is 11.6 Å². The molecule has 1 aromatic heterocycles. The van der Waals surface area contributed by atoms with Gasteiger partial charge >= 0.3 is 5.69 Å². The summed E-state index contributed by atoms with van der Waals surface area (Å²) in [4.78, 5) is 16.3. The van der Waals surface area contributed by atoms with Crippen LogP contribution in [-0.4, -0.2) is 9.55 Å². The summed E-state index contributed by atoms with van der Waals surface area (Å²) >= 11 is 6.09. The van der Waals surface area contributed by atoms with Crippen molar-refractivity contribution in [1.29, 1.82) is 0 Å². The second-order valence-corrected chi connectivity index (χ2v) is 5.21. The average molecular weight is 285 g/mol. The van der Waals surface area contributed by atoms with E-state index in [2.05, 4.69) is 4.98 Å². The van der Waals surface area contributed by atoms with Gasteiger partial charge in [0.2, 0.25) is 0 Å². The fourth-order valence-corrected chi connectivity index (χ4v) is 2.54. The summed E-state index contributed by atoms with van der Waals surface area (Å²) in [5.74, 6) is 0. The third-order valence-corrected chi connectivity index (χ3v) is 3.70. The maximum atomic E-state index is 12.0. The number of aromatic nitrogens is 2. The van der Waals surface area contributed by atoms with Crippen molar-refractivity contribution in [3.05, 3.63) is 63.5 Å². The van der Waals surface area contributed by atoms with Crippen LogP contribution in [0.5, 0.6) is 0 Å². The minimum absolute atomic E-state index is 0.266. The van der Waals surface area contributed by atoms with E-state index in [1.54, 1.807) is 13.1 Å². The van der Waals surface area contributed by atoms with Gasteiger partial charge in [-0.2, -0.15) is 4.98 Å². The number of rotatable bonds is 1. The van der Waals surface area contributed by atoms with Gasteiger partial charge in [-0.1, -0.05) is 35.9 Å². The zero-order valence-electron chi connectivity index (χ0n) is 11.2. The minimum Gasteiger partial charge on any atom is -0.295 e. The van der Waals surface area contributed by atoms with E-state index in [1.807, 2.05) is 43.3 Å². The lowest BCUT2D eigenvalue weighted by molar-refractivity contribution is 0.855. The van der Waals surface area contributed by atoms with E-state index in [-0.39, 0.29) is 5.69 Å². The molecule has 3 aromatic rings. The number of hydrogen-bond acceptors (Lipinski definition) is 2. The highest BCUT2D eigenvalue weighted by atomic mass is 35.5. The monoisotopic (exact) mass is 284 g/mol. The van der Waals surface area contributed by atoms with Crippen LogP contribution in [0.15, 0.2) is 47.3 Å². The van der Waals surface area contributed by atoms with Crippen molar-refractivity contribution >= 4 is 22.5 Å². The van der Waals surface area contributed by atoms with E-state index >= 15 is 0 Å². The van der Waals surface area contributed by atoms with Crippen LogP contribution < -0.4 is 5.69 Å². The van der Waals surface area contributed by atoms with Crippen LogP contribution in [0.4, 0.5) is 0 Å². The Morgan fingerprint density at radius 3 is 2.65 bits per heavy atom. The highest BCUT2D eigenvalue weighted by Gasteiger charge is 2.12. The van der Waals surface area contributed by atoms with Crippen LogP contribution in [0.2, 0.25) is 5.02 Å². The molecule has 0 saturated carbocycles. The number of nitrogens with zero attached hydrogens (tertiary/aromatic N) is 2. The van der Waals surface area contributed by atoms with E-state index in [1.165, 1.54) is 4.57 Å². The second kappa shape index (κ2) is 4.76. The Morgan fingerprint density at radius 2 is 1.90 bits per heavy atom. The molecule has 20 heavy (non-hydrogen) atoms. The molecule has 0 fully saturated rings. The summed E-state index contributed by atoms with van der Waals surface area (Å²) in [6, 6.07) is 13.4. The van der Waals surface area contributed by atoms with Gasteiger partial charge in [0.25, 0.3) is 0 Å². The predicted octanol–water partition coefficient (Wildman–Crippen LogP) is 3.56. The van der Waals surface area contributed by atoms with Gasteiger partial charge in [-0.3, -0.25) is 4.57 Å². The first kappa shape index (κ1) is 12.9. The Morgan fingerprint density at radius 1 is 1.15 bits per heavy atom. The minimum atomic E-state index is -0.266. The molecule has 1 heterocycles. The lowest BCUT2D eigenvalue weighted by atomic mass is 10.0. The molecule has 4 heteroatoms. The van der Waals surface area contributed by atoms with Gasteiger partial charge in [0.05, 0.1) is 11.2 Å². The summed E-state index contributed by atoms with van der Waals surface area (Å²) < 4.78 is 1.54. The maximum absolute atomic E-state index is 12.0. The fourth-order valence-electron chi connectivity index (χ4n) is 2.37. The van der Waals surface area contributed by atoms with Gasteiger partial charge in [-0.15, -0.1) is 0 Å². The topological polar surface area (TPSA) is 34.9 Å². The number of benzene rings is 2. The molecular weight excluding hydrogens is 272 g/mol. The van der Waals surface area contributed by atoms with Crippen LogP contribution in [0.3, 0.4) is 0 Å². The molecule has 0 aliphatic heterocycles. The van der Waals surface area contributed by atoms with Gasteiger partial charge in [0, 0.05) is 23.0 Å². The molecule has 0 aliphatic carbocycles. The van der Waals surface area contributed by atoms with Crippen molar-refractivity contribution in [3.8, 4) is 11.3 Å². The maximum Gasteiger partial charge on any atom is 0.348 e. The van der Waals surface area contributed by atoms with E-state index < -0.39 is 0 Å². The summed E-state index contributed by atoms with van der Waals surface area (Å²) in [7, 11) is 1.72. The Hall–Kier alpha value is -2.13. The van der Waals surface area contributed by atoms with Crippen molar-refractivity contribution in [3.63, 3.8) is 0 Å². The van der Waals surface area contributed by atoms with Gasteiger partial charge in [0.1, 0.15) is 0 Å². The van der Waals surface area contributed by atoms with Crippen molar-refractivity contribution in [2.45, 2.75) is 6.92 Å². The summed E-state index contributed by atoms with van der Waals surface area (Å²) in [6.07, 6.45) is 0. The zero-order valence-corrected chi connectivity index (χ0v) is 12.0. The van der Waals surface area contributed by atoms with Crippen molar-refractivity contribution in [2.24, 2.45) is 7.05 Å². The summed E-state index contributed by atoms with van der Waals surface area (Å²) in [6.45, 7) is 2.00. The third kappa shape index (κ3) is 2.00. The molecule has 0 unspecified atom stereocenters. The van der Waals surface area contributed by atoms with Crippen molar-refractivity contribution in [2.75, 3.05) is 0 Å². The Balaban J connectivity index is 2.48. The zero-order chi connectivity index (χ0) is 14.3. The number of fused-ring (bicyclic) bond motifs is 1. The lowest BCUT2D eigenvalue weighted by Crippen LogP contribution is -2.21. The highest BCUT2D eigenvalue weighted by Crippen LogP contribution is 2.29. The van der Waals surface area contributed by atoms with Crippen LogP contribution in [0.25, 0.3) is 22.2 Å². The number of halogens is 1. The molecule has 0 bridgehead atoms. The highest BCUT2D eigenvalue weighted by molar-refractivity contribution is 6.31. The average Bonchev–Trinajstić information content (AvgIpc) is 2.43. The van der Waals surface area contributed by atoms with Crippen LogP contribution in [0, 0.1) is 6.92 Å². The molecule has 3 nitrogen and oxygen atoms in total. The number of hydrogen-bond donors (Lipinski definition) is 0.